The molecule has 0 radical (unpaired) electrons. The normalized spacial score (nSPS) is 36.5. The molecule has 1 amide bonds. The molecule has 2 fully saturated rings. The van der Waals surface area contributed by atoms with Crippen LogP contribution < -0.4 is 5.32 Å². The van der Waals surface area contributed by atoms with Gasteiger partial charge in [0.15, 0.2) is 0 Å². The molecule has 3 unspecified atom stereocenters. The molecule has 3 atom stereocenters. The topological polar surface area (TPSA) is 38.3 Å². The third-order valence-electron chi connectivity index (χ3n) is 3.23. The molecule has 4 heteroatoms. The summed E-state index contributed by atoms with van der Waals surface area (Å²) in [6.45, 7) is 0.715. The van der Waals surface area contributed by atoms with Gasteiger partial charge in [-0.15, -0.1) is 11.6 Å². The Balaban J connectivity index is 1.80. The second-order valence-corrected chi connectivity index (χ2v) is 4.98. The minimum Gasteiger partial charge on any atom is -0.368 e. The van der Waals surface area contributed by atoms with E-state index in [0.29, 0.717) is 6.61 Å². The van der Waals surface area contributed by atoms with Crippen molar-refractivity contribution in [2.24, 2.45) is 0 Å². The molecule has 1 saturated heterocycles. The van der Waals surface area contributed by atoms with Crippen molar-refractivity contribution < 1.29 is 9.53 Å². The number of rotatable bonds is 2. The molecular formula is C11H18ClNO2. The molecular weight excluding hydrogens is 214 g/mol. The van der Waals surface area contributed by atoms with Crippen LogP contribution >= 0.6 is 11.6 Å². The molecule has 0 aromatic heterocycles. The van der Waals surface area contributed by atoms with Crippen molar-refractivity contribution in [3.05, 3.63) is 0 Å². The second-order valence-electron chi connectivity index (χ2n) is 4.42. The Labute approximate surface area is 95.5 Å². The standard InChI is InChI=1S/C11H18ClNO2/c12-8-4-3-5-9(8)13-11(14)10-6-1-2-7-15-10/h8-10H,1-7H2,(H,13,14). The van der Waals surface area contributed by atoms with Crippen molar-refractivity contribution in [3.8, 4) is 0 Å². The van der Waals surface area contributed by atoms with Gasteiger partial charge in [0.1, 0.15) is 6.10 Å². The molecule has 2 aliphatic rings. The molecule has 0 bridgehead atoms. The number of carbonyl (C=O) groups is 1. The molecule has 1 N–H and O–H groups in total. The van der Waals surface area contributed by atoms with Gasteiger partial charge >= 0.3 is 0 Å². The highest BCUT2D eigenvalue weighted by Crippen LogP contribution is 2.24. The fourth-order valence-electron chi connectivity index (χ4n) is 2.30. The monoisotopic (exact) mass is 231 g/mol. The Hall–Kier alpha value is -0.280. The van der Waals surface area contributed by atoms with Gasteiger partial charge in [0, 0.05) is 12.6 Å². The molecule has 1 saturated carbocycles. The molecule has 0 spiro atoms. The van der Waals surface area contributed by atoms with Crippen molar-refractivity contribution >= 4 is 17.5 Å². The summed E-state index contributed by atoms with van der Waals surface area (Å²) in [7, 11) is 0. The molecule has 15 heavy (non-hydrogen) atoms. The molecule has 2 rings (SSSR count). The molecule has 0 aromatic carbocycles. The van der Waals surface area contributed by atoms with E-state index in [-0.39, 0.29) is 23.4 Å². The quantitative estimate of drug-likeness (QED) is 0.737. The van der Waals surface area contributed by atoms with Gasteiger partial charge in [-0.05, 0) is 38.5 Å². The number of ether oxygens (including phenoxy) is 1. The van der Waals surface area contributed by atoms with E-state index in [4.69, 9.17) is 16.3 Å². The molecule has 1 heterocycles. The van der Waals surface area contributed by atoms with Crippen LogP contribution in [0.4, 0.5) is 0 Å². The van der Waals surface area contributed by atoms with Crippen LogP contribution in [0.15, 0.2) is 0 Å². The van der Waals surface area contributed by atoms with Crippen LogP contribution in [0.1, 0.15) is 38.5 Å². The summed E-state index contributed by atoms with van der Waals surface area (Å²) in [5.74, 6) is 0.0345. The van der Waals surface area contributed by atoms with Gasteiger partial charge in [-0.1, -0.05) is 0 Å². The Morgan fingerprint density at radius 1 is 1.20 bits per heavy atom. The Morgan fingerprint density at radius 3 is 2.67 bits per heavy atom. The average Bonchev–Trinajstić information content (AvgIpc) is 2.66. The molecule has 86 valence electrons. The highest BCUT2D eigenvalue weighted by molar-refractivity contribution is 6.21. The van der Waals surface area contributed by atoms with Gasteiger partial charge in [0.25, 0.3) is 0 Å². The minimum atomic E-state index is -0.233. The van der Waals surface area contributed by atoms with E-state index in [2.05, 4.69) is 5.32 Å². The third-order valence-corrected chi connectivity index (χ3v) is 3.75. The molecule has 0 aromatic rings. The zero-order valence-corrected chi connectivity index (χ0v) is 9.63. The van der Waals surface area contributed by atoms with Crippen molar-refractivity contribution in [2.75, 3.05) is 6.61 Å². The van der Waals surface area contributed by atoms with Crippen LogP contribution in [0.2, 0.25) is 0 Å². The highest BCUT2D eigenvalue weighted by atomic mass is 35.5. The highest BCUT2D eigenvalue weighted by Gasteiger charge is 2.30. The van der Waals surface area contributed by atoms with E-state index in [1.54, 1.807) is 0 Å². The van der Waals surface area contributed by atoms with Crippen LogP contribution in [0, 0.1) is 0 Å². The summed E-state index contributed by atoms with van der Waals surface area (Å²) in [4.78, 5) is 11.8. The third kappa shape index (κ3) is 2.85. The predicted molar refractivity (Wildman–Crippen MR) is 59.0 cm³/mol. The fraction of sp³-hybridized carbons (Fsp3) is 0.909. The smallest absolute Gasteiger partial charge is 0.249 e. The number of amides is 1. The number of nitrogens with one attached hydrogen (secondary N) is 1. The lowest BCUT2D eigenvalue weighted by Crippen LogP contribution is -2.45. The van der Waals surface area contributed by atoms with E-state index >= 15 is 0 Å². The van der Waals surface area contributed by atoms with Gasteiger partial charge in [0.2, 0.25) is 5.91 Å². The van der Waals surface area contributed by atoms with Crippen molar-refractivity contribution in [1.29, 1.82) is 0 Å². The van der Waals surface area contributed by atoms with Gasteiger partial charge < -0.3 is 10.1 Å². The maximum absolute atomic E-state index is 11.8. The Kier molecular flexibility index (Phi) is 3.87. The number of hydrogen-bond acceptors (Lipinski definition) is 2. The lowest BCUT2D eigenvalue weighted by atomic mass is 10.1. The van der Waals surface area contributed by atoms with Crippen LogP contribution in [0.25, 0.3) is 0 Å². The predicted octanol–water partition coefficient (Wildman–Crippen LogP) is 1.83. The summed E-state index contributed by atoms with van der Waals surface area (Å²) < 4.78 is 5.43. The molecule has 3 nitrogen and oxygen atoms in total. The average molecular weight is 232 g/mol. The first-order chi connectivity index (χ1) is 7.27. The van der Waals surface area contributed by atoms with Crippen LogP contribution in [-0.4, -0.2) is 30.0 Å². The first kappa shape index (κ1) is 11.2. The number of carbonyl (C=O) groups excluding carboxylic acids is 1. The van der Waals surface area contributed by atoms with Crippen molar-refractivity contribution in [1.82, 2.24) is 5.32 Å². The zero-order valence-electron chi connectivity index (χ0n) is 8.88. The lowest BCUT2D eigenvalue weighted by Gasteiger charge is -2.24. The maximum Gasteiger partial charge on any atom is 0.249 e. The molecule has 1 aliphatic carbocycles. The van der Waals surface area contributed by atoms with Gasteiger partial charge in [0.05, 0.1) is 5.38 Å². The maximum atomic E-state index is 11.8. The van der Waals surface area contributed by atoms with E-state index in [0.717, 1.165) is 38.5 Å². The van der Waals surface area contributed by atoms with Crippen molar-refractivity contribution in [3.63, 3.8) is 0 Å². The van der Waals surface area contributed by atoms with E-state index in [1.807, 2.05) is 0 Å². The summed E-state index contributed by atoms with van der Waals surface area (Å²) in [5, 5.41) is 3.11. The minimum absolute atomic E-state index is 0.0345. The number of alkyl halides is 1. The van der Waals surface area contributed by atoms with Gasteiger partial charge in [-0.2, -0.15) is 0 Å². The zero-order chi connectivity index (χ0) is 10.7. The SMILES string of the molecule is O=C(NC1CCCC1Cl)C1CCCCO1. The summed E-state index contributed by atoms with van der Waals surface area (Å²) >= 11 is 6.11. The summed E-state index contributed by atoms with van der Waals surface area (Å²) in [6, 6.07) is 0.157. The first-order valence-corrected chi connectivity index (χ1v) is 6.27. The van der Waals surface area contributed by atoms with Gasteiger partial charge in [-0.3, -0.25) is 4.79 Å². The Morgan fingerprint density at radius 2 is 2.07 bits per heavy atom. The summed E-state index contributed by atoms with van der Waals surface area (Å²) in [6.07, 6.45) is 5.92. The molecule has 1 aliphatic heterocycles. The van der Waals surface area contributed by atoms with E-state index in [1.165, 1.54) is 0 Å². The summed E-state index contributed by atoms with van der Waals surface area (Å²) in [5.41, 5.74) is 0. The lowest BCUT2D eigenvalue weighted by molar-refractivity contribution is -0.136. The fourth-order valence-corrected chi connectivity index (χ4v) is 2.64. The van der Waals surface area contributed by atoms with Crippen LogP contribution in [0.3, 0.4) is 0 Å². The second kappa shape index (κ2) is 5.17. The van der Waals surface area contributed by atoms with Crippen molar-refractivity contribution in [2.45, 2.75) is 56.0 Å². The number of hydrogen-bond donors (Lipinski definition) is 1. The Bertz CT molecular complexity index is 229. The first-order valence-electron chi connectivity index (χ1n) is 5.83. The van der Waals surface area contributed by atoms with Crippen LogP contribution in [-0.2, 0) is 9.53 Å². The van der Waals surface area contributed by atoms with E-state index < -0.39 is 0 Å². The van der Waals surface area contributed by atoms with Crippen LogP contribution in [0.5, 0.6) is 0 Å². The largest absolute Gasteiger partial charge is 0.368 e. The number of halogens is 1. The van der Waals surface area contributed by atoms with E-state index in [9.17, 15) is 4.79 Å². The van der Waals surface area contributed by atoms with Gasteiger partial charge in [-0.25, -0.2) is 0 Å².